The van der Waals surface area contributed by atoms with Crippen molar-refractivity contribution >= 4 is 28.7 Å². The molecular formula is C18H16N2O5S. The van der Waals surface area contributed by atoms with Gasteiger partial charge in [0.25, 0.3) is 0 Å². The Morgan fingerprint density at radius 3 is 2.46 bits per heavy atom. The van der Waals surface area contributed by atoms with Crippen molar-refractivity contribution in [3.63, 3.8) is 0 Å². The van der Waals surface area contributed by atoms with Crippen LogP contribution in [-0.4, -0.2) is 36.0 Å². The molecule has 0 spiro atoms. The fourth-order valence-electron chi connectivity index (χ4n) is 3.30. The Balaban J connectivity index is 1.94. The van der Waals surface area contributed by atoms with Gasteiger partial charge < -0.3 is 18.9 Å². The zero-order valence-electron chi connectivity index (χ0n) is 14.4. The van der Waals surface area contributed by atoms with Crippen LogP contribution in [0.25, 0.3) is 11.0 Å². The highest BCUT2D eigenvalue weighted by Crippen LogP contribution is 2.46. The third kappa shape index (κ3) is 2.53. The van der Waals surface area contributed by atoms with Crippen LogP contribution in [0.3, 0.4) is 0 Å². The van der Waals surface area contributed by atoms with Crippen LogP contribution in [0.15, 0.2) is 24.3 Å². The maximum absolute atomic E-state index is 12.2. The predicted molar refractivity (Wildman–Crippen MR) is 95.6 cm³/mol. The highest BCUT2D eigenvalue weighted by molar-refractivity contribution is 7.00. The summed E-state index contributed by atoms with van der Waals surface area (Å²) in [5, 5.41) is 0. The molecule has 1 aromatic heterocycles. The Kier molecular flexibility index (Phi) is 4.12. The number of hydrogen-bond acceptors (Lipinski definition) is 8. The molecule has 8 heteroatoms. The minimum atomic E-state index is -0.293. The number of rotatable bonds is 4. The van der Waals surface area contributed by atoms with Crippen molar-refractivity contribution in [3.05, 3.63) is 35.4 Å². The van der Waals surface area contributed by atoms with E-state index in [1.807, 2.05) is 18.2 Å². The van der Waals surface area contributed by atoms with Gasteiger partial charge in [0.15, 0.2) is 11.5 Å². The van der Waals surface area contributed by atoms with Gasteiger partial charge in [-0.2, -0.15) is 8.75 Å². The van der Waals surface area contributed by atoms with Crippen LogP contribution in [0.2, 0.25) is 0 Å². The molecule has 0 fully saturated rings. The van der Waals surface area contributed by atoms with Crippen molar-refractivity contribution in [2.45, 2.75) is 12.3 Å². The van der Waals surface area contributed by atoms with Gasteiger partial charge in [0, 0.05) is 11.5 Å². The number of ether oxygens (including phenoxy) is 4. The summed E-state index contributed by atoms with van der Waals surface area (Å²) in [6.45, 7) is 0. The van der Waals surface area contributed by atoms with E-state index in [1.165, 1.54) is 0 Å². The molecule has 2 aromatic carbocycles. The molecule has 2 heterocycles. The van der Waals surface area contributed by atoms with E-state index in [-0.39, 0.29) is 18.3 Å². The van der Waals surface area contributed by atoms with Crippen LogP contribution in [0.4, 0.5) is 0 Å². The van der Waals surface area contributed by atoms with Gasteiger partial charge in [0.1, 0.15) is 16.8 Å². The number of carbonyl (C=O) groups is 1. The Bertz CT molecular complexity index is 975. The first-order chi connectivity index (χ1) is 12.7. The van der Waals surface area contributed by atoms with E-state index < -0.39 is 0 Å². The monoisotopic (exact) mass is 372 g/mol. The Morgan fingerprint density at radius 2 is 1.81 bits per heavy atom. The second-order valence-corrected chi connectivity index (χ2v) is 6.33. The lowest BCUT2D eigenvalue weighted by Gasteiger charge is -2.26. The SMILES string of the molecule is COc1cc([C@@H]2CC(=O)Oc3ccc4nsnc4c32)cc(OC)c1OC. The maximum Gasteiger partial charge on any atom is 0.312 e. The largest absolute Gasteiger partial charge is 0.493 e. The van der Waals surface area contributed by atoms with Crippen molar-refractivity contribution in [2.24, 2.45) is 0 Å². The number of nitrogens with zero attached hydrogens (tertiary/aromatic N) is 2. The zero-order chi connectivity index (χ0) is 18.3. The standard InChI is InChI=1S/C18H16N2O5S/c1-22-13-6-9(7-14(23-2)18(13)24-3)10-8-15(21)25-12-5-4-11-17(16(10)12)20-26-19-11/h4-7,10H,8H2,1-3H3/t10-/m0/s1. The molecule has 134 valence electrons. The molecular weight excluding hydrogens is 356 g/mol. The third-order valence-electron chi connectivity index (χ3n) is 4.46. The van der Waals surface area contributed by atoms with Crippen molar-refractivity contribution in [1.29, 1.82) is 0 Å². The molecule has 1 aliphatic heterocycles. The second kappa shape index (κ2) is 6.45. The van der Waals surface area contributed by atoms with E-state index in [0.717, 1.165) is 33.9 Å². The van der Waals surface area contributed by atoms with Crippen LogP contribution in [0.5, 0.6) is 23.0 Å². The van der Waals surface area contributed by atoms with Crippen LogP contribution in [-0.2, 0) is 4.79 Å². The fraction of sp³-hybridized carbons (Fsp3) is 0.278. The first kappa shape index (κ1) is 16.6. The van der Waals surface area contributed by atoms with Crippen LogP contribution >= 0.6 is 11.7 Å². The molecule has 0 saturated carbocycles. The summed E-state index contributed by atoms with van der Waals surface area (Å²) in [6, 6.07) is 7.28. The molecule has 0 bridgehead atoms. The van der Waals surface area contributed by atoms with Gasteiger partial charge >= 0.3 is 5.97 Å². The molecule has 0 saturated heterocycles. The smallest absolute Gasteiger partial charge is 0.312 e. The van der Waals surface area contributed by atoms with Gasteiger partial charge in [0.05, 0.1) is 39.5 Å². The first-order valence-corrected chi connectivity index (χ1v) is 8.65. The average Bonchev–Trinajstić information content (AvgIpc) is 3.14. The van der Waals surface area contributed by atoms with Gasteiger partial charge in [-0.15, -0.1) is 0 Å². The second-order valence-electron chi connectivity index (χ2n) is 5.80. The van der Waals surface area contributed by atoms with Gasteiger partial charge in [-0.05, 0) is 29.8 Å². The Labute approximate surface area is 153 Å². The summed E-state index contributed by atoms with van der Waals surface area (Å²) in [5.41, 5.74) is 3.24. The molecule has 0 unspecified atom stereocenters. The molecule has 26 heavy (non-hydrogen) atoms. The molecule has 7 nitrogen and oxygen atoms in total. The Morgan fingerprint density at radius 1 is 1.08 bits per heavy atom. The Hall–Kier alpha value is -2.87. The number of benzene rings is 2. The van der Waals surface area contributed by atoms with Gasteiger partial charge in [-0.25, -0.2) is 0 Å². The van der Waals surface area contributed by atoms with E-state index in [4.69, 9.17) is 18.9 Å². The van der Waals surface area contributed by atoms with Crippen LogP contribution in [0.1, 0.15) is 23.5 Å². The first-order valence-electron chi connectivity index (χ1n) is 7.92. The van der Waals surface area contributed by atoms with Crippen molar-refractivity contribution in [2.75, 3.05) is 21.3 Å². The highest BCUT2D eigenvalue weighted by atomic mass is 32.1. The normalized spacial score (nSPS) is 16.1. The summed E-state index contributed by atoms with van der Waals surface area (Å²) in [7, 11) is 4.68. The number of methoxy groups -OCH3 is 3. The number of carbonyl (C=O) groups excluding carboxylic acids is 1. The van der Waals surface area contributed by atoms with Crippen molar-refractivity contribution < 1.29 is 23.7 Å². The summed E-state index contributed by atoms with van der Waals surface area (Å²) in [4.78, 5) is 12.2. The molecule has 1 aliphatic rings. The minimum absolute atomic E-state index is 0.197. The number of esters is 1. The van der Waals surface area contributed by atoms with E-state index >= 15 is 0 Å². The van der Waals surface area contributed by atoms with Gasteiger partial charge in [-0.3, -0.25) is 4.79 Å². The van der Waals surface area contributed by atoms with Gasteiger partial charge in [0.2, 0.25) is 5.75 Å². The van der Waals surface area contributed by atoms with E-state index in [2.05, 4.69) is 8.75 Å². The molecule has 0 aliphatic carbocycles. The topological polar surface area (TPSA) is 79.8 Å². The lowest BCUT2D eigenvalue weighted by molar-refractivity contribution is -0.135. The fourth-order valence-corrected chi connectivity index (χ4v) is 3.85. The van der Waals surface area contributed by atoms with E-state index in [1.54, 1.807) is 27.4 Å². The predicted octanol–water partition coefficient (Wildman–Crippen LogP) is 3.16. The summed E-state index contributed by atoms with van der Waals surface area (Å²) in [5.74, 6) is 1.55. The number of aromatic nitrogens is 2. The molecule has 3 aromatic rings. The van der Waals surface area contributed by atoms with Gasteiger partial charge in [-0.1, -0.05) is 0 Å². The maximum atomic E-state index is 12.2. The minimum Gasteiger partial charge on any atom is -0.493 e. The summed E-state index contributed by atoms with van der Waals surface area (Å²) in [6.07, 6.45) is 0.197. The van der Waals surface area contributed by atoms with Crippen LogP contribution in [0, 0.1) is 0 Å². The van der Waals surface area contributed by atoms with Crippen molar-refractivity contribution in [1.82, 2.24) is 8.75 Å². The molecule has 1 atom stereocenters. The number of hydrogen-bond donors (Lipinski definition) is 0. The molecule has 0 amide bonds. The van der Waals surface area contributed by atoms with Crippen LogP contribution < -0.4 is 18.9 Å². The molecule has 0 radical (unpaired) electrons. The lowest BCUT2D eigenvalue weighted by atomic mass is 9.85. The average molecular weight is 372 g/mol. The molecule has 0 N–H and O–H groups in total. The quantitative estimate of drug-likeness (QED) is 0.514. The highest BCUT2D eigenvalue weighted by Gasteiger charge is 2.32. The lowest BCUT2D eigenvalue weighted by Crippen LogP contribution is -2.21. The number of fused-ring (bicyclic) bond motifs is 3. The summed E-state index contributed by atoms with van der Waals surface area (Å²) >= 11 is 1.14. The zero-order valence-corrected chi connectivity index (χ0v) is 15.3. The van der Waals surface area contributed by atoms with Crippen molar-refractivity contribution in [3.8, 4) is 23.0 Å². The van der Waals surface area contributed by atoms with E-state index in [9.17, 15) is 4.79 Å². The molecule has 4 rings (SSSR count). The summed E-state index contributed by atoms with van der Waals surface area (Å²) < 4.78 is 30.4. The third-order valence-corrected chi connectivity index (χ3v) is 5.00. The van der Waals surface area contributed by atoms with E-state index in [0.29, 0.717) is 23.0 Å².